The van der Waals surface area contributed by atoms with E-state index in [1.54, 1.807) is 0 Å². The highest BCUT2D eigenvalue weighted by Crippen LogP contribution is 2.29. The number of likely N-dealkylation sites (tertiary alicyclic amines) is 1. The molecule has 0 aliphatic carbocycles. The Kier molecular flexibility index (Phi) is 6.05. The van der Waals surface area contributed by atoms with Crippen molar-refractivity contribution in [2.75, 3.05) is 19.6 Å². The zero-order chi connectivity index (χ0) is 16.3. The fourth-order valence-corrected chi connectivity index (χ4v) is 3.01. The number of carbonyl (C=O) groups excluding carboxylic acids is 1. The Bertz CT molecular complexity index is 350. The first-order valence-corrected chi connectivity index (χ1v) is 7.98. The van der Waals surface area contributed by atoms with Crippen LogP contribution in [0.4, 0.5) is 4.79 Å². The molecule has 5 nitrogen and oxygen atoms in total. The molecule has 0 aromatic carbocycles. The minimum atomic E-state index is -0.477. The molecule has 1 aliphatic rings. The number of piperidine rings is 1. The van der Waals surface area contributed by atoms with Crippen LogP contribution >= 0.6 is 0 Å². The molecule has 21 heavy (non-hydrogen) atoms. The SMILES string of the molecule is CC(NC(=O)OC(C)(C)C)C(CN)N1CCCC(C)(C)C1. The largest absolute Gasteiger partial charge is 0.444 e. The van der Waals surface area contributed by atoms with Crippen LogP contribution in [0.25, 0.3) is 0 Å². The lowest BCUT2D eigenvalue weighted by Gasteiger charge is -2.44. The van der Waals surface area contributed by atoms with E-state index in [9.17, 15) is 4.79 Å². The summed E-state index contributed by atoms with van der Waals surface area (Å²) in [4.78, 5) is 14.3. The van der Waals surface area contributed by atoms with E-state index in [0.717, 1.165) is 13.1 Å². The molecule has 0 spiro atoms. The predicted molar refractivity (Wildman–Crippen MR) is 86.3 cm³/mol. The second-order valence-electron chi connectivity index (χ2n) is 7.98. The van der Waals surface area contributed by atoms with E-state index < -0.39 is 5.60 Å². The lowest BCUT2D eigenvalue weighted by atomic mass is 9.83. The van der Waals surface area contributed by atoms with Gasteiger partial charge in [0.05, 0.1) is 0 Å². The summed E-state index contributed by atoms with van der Waals surface area (Å²) in [6.45, 7) is 14.8. The Labute approximate surface area is 129 Å². The Hall–Kier alpha value is -0.810. The normalized spacial score (nSPS) is 22.4. The Morgan fingerprint density at radius 3 is 2.52 bits per heavy atom. The van der Waals surface area contributed by atoms with E-state index in [0.29, 0.717) is 12.0 Å². The van der Waals surface area contributed by atoms with Gasteiger partial charge in [-0.3, -0.25) is 4.90 Å². The monoisotopic (exact) mass is 299 g/mol. The predicted octanol–water partition coefficient (Wildman–Crippen LogP) is 2.35. The van der Waals surface area contributed by atoms with Crippen LogP contribution < -0.4 is 11.1 Å². The van der Waals surface area contributed by atoms with Gasteiger partial charge in [0.1, 0.15) is 5.60 Å². The van der Waals surface area contributed by atoms with Crippen LogP contribution in [0.2, 0.25) is 0 Å². The number of ether oxygens (including phenoxy) is 1. The number of nitrogens with two attached hydrogens (primary N) is 1. The fraction of sp³-hybridized carbons (Fsp3) is 0.938. The van der Waals surface area contributed by atoms with Crippen molar-refractivity contribution in [2.24, 2.45) is 11.1 Å². The highest BCUT2D eigenvalue weighted by Gasteiger charge is 2.33. The third-order valence-corrected chi connectivity index (χ3v) is 3.96. The second kappa shape index (κ2) is 6.97. The average molecular weight is 299 g/mol. The molecule has 1 amide bonds. The molecular weight excluding hydrogens is 266 g/mol. The fourth-order valence-electron chi connectivity index (χ4n) is 3.01. The van der Waals surface area contributed by atoms with Crippen LogP contribution in [0.1, 0.15) is 54.4 Å². The van der Waals surface area contributed by atoms with E-state index in [-0.39, 0.29) is 18.2 Å². The van der Waals surface area contributed by atoms with Crippen molar-refractivity contribution in [2.45, 2.75) is 72.1 Å². The number of nitrogens with zero attached hydrogens (tertiary/aromatic N) is 1. The summed E-state index contributed by atoms with van der Waals surface area (Å²) in [6, 6.07) is 0.121. The third kappa shape index (κ3) is 6.22. The average Bonchev–Trinajstić information content (AvgIpc) is 2.25. The van der Waals surface area contributed by atoms with Gasteiger partial charge in [0, 0.05) is 25.2 Å². The Morgan fingerprint density at radius 1 is 1.43 bits per heavy atom. The standard InChI is InChI=1S/C16H33N3O2/c1-12(18-14(20)21-15(2,3)4)13(10-17)19-9-7-8-16(5,6)11-19/h12-13H,7-11,17H2,1-6H3,(H,18,20). The van der Waals surface area contributed by atoms with Crippen LogP contribution in [0.15, 0.2) is 0 Å². The minimum absolute atomic E-state index is 0.0289. The molecule has 2 unspecified atom stereocenters. The zero-order valence-electron chi connectivity index (χ0n) is 14.5. The summed E-state index contributed by atoms with van der Waals surface area (Å²) in [5, 5.41) is 2.93. The van der Waals surface area contributed by atoms with Crippen molar-refractivity contribution in [3.8, 4) is 0 Å². The van der Waals surface area contributed by atoms with Gasteiger partial charge >= 0.3 is 6.09 Å². The molecule has 1 aliphatic heterocycles. The number of amides is 1. The molecule has 0 saturated carbocycles. The number of nitrogens with one attached hydrogen (secondary N) is 1. The maximum absolute atomic E-state index is 11.9. The quantitative estimate of drug-likeness (QED) is 0.836. The van der Waals surface area contributed by atoms with Gasteiger partial charge in [0.15, 0.2) is 0 Å². The van der Waals surface area contributed by atoms with E-state index in [4.69, 9.17) is 10.5 Å². The van der Waals surface area contributed by atoms with Crippen LogP contribution in [-0.4, -0.2) is 48.3 Å². The Balaban J connectivity index is 2.60. The van der Waals surface area contributed by atoms with Crippen molar-refractivity contribution in [1.82, 2.24) is 10.2 Å². The summed E-state index contributed by atoms with van der Waals surface area (Å²) in [6.07, 6.45) is 2.06. The van der Waals surface area contributed by atoms with Crippen LogP contribution in [0.5, 0.6) is 0 Å². The third-order valence-electron chi connectivity index (χ3n) is 3.96. The lowest BCUT2D eigenvalue weighted by Crippen LogP contribution is -2.57. The number of rotatable bonds is 4. The molecule has 2 atom stereocenters. The lowest BCUT2D eigenvalue weighted by molar-refractivity contribution is 0.0395. The molecule has 124 valence electrons. The first-order chi connectivity index (χ1) is 9.54. The molecule has 0 bridgehead atoms. The van der Waals surface area contributed by atoms with Gasteiger partial charge in [-0.05, 0) is 52.5 Å². The minimum Gasteiger partial charge on any atom is -0.444 e. The van der Waals surface area contributed by atoms with Crippen molar-refractivity contribution >= 4 is 6.09 Å². The maximum Gasteiger partial charge on any atom is 0.407 e. The molecule has 3 N–H and O–H groups in total. The van der Waals surface area contributed by atoms with Gasteiger partial charge in [0.2, 0.25) is 0 Å². The van der Waals surface area contributed by atoms with Crippen molar-refractivity contribution < 1.29 is 9.53 Å². The van der Waals surface area contributed by atoms with Crippen molar-refractivity contribution in [3.05, 3.63) is 0 Å². The summed E-state index contributed by atoms with van der Waals surface area (Å²) in [5.41, 5.74) is 5.80. The second-order valence-corrected chi connectivity index (χ2v) is 7.98. The highest BCUT2D eigenvalue weighted by molar-refractivity contribution is 5.68. The Morgan fingerprint density at radius 2 is 2.05 bits per heavy atom. The molecule has 5 heteroatoms. The van der Waals surface area contributed by atoms with Gasteiger partial charge in [-0.15, -0.1) is 0 Å². The number of alkyl carbamates (subject to hydrolysis) is 1. The van der Waals surface area contributed by atoms with E-state index in [1.807, 2.05) is 27.7 Å². The zero-order valence-corrected chi connectivity index (χ0v) is 14.5. The van der Waals surface area contributed by atoms with Gasteiger partial charge < -0.3 is 15.8 Å². The molecule has 0 aromatic heterocycles. The number of hydrogen-bond acceptors (Lipinski definition) is 4. The van der Waals surface area contributed by atoms with Gasteiger partial charge in [0.25, 0.3) is 0 Å². The summed E-state index contributed by atoms with van der Waals surface area (Å²) in [7, 11) is 0. The molecule has 1 rings (SSSR count). The first kappa shape index (κ1) is 18.2. The number of hydrogen-bond donors (Lipinski definition) is 2. The van der Waals surface area contributed by atoms with Crippen LogP contribution in [0, 0.1) is 5.41 Å². The molecule has 1 saturated heterocycles. The highest BCUT2D eigenvalue weighted by atomic mass is 16.6. The van der Waals surface area contributed by atoms with Crippen LogP contribution in [-0.2, 0) is 4.74 Å². The smallest absolute Gasteiger partial charge is 0.407 e. The van der Waals surface area contributed by atoms with E-state index >= 15 is 0 Å². The van der Waals surface area contributed by atoms with Gasteiger partial charge in [-0.2, -0.15) is 0 Å². The van der Waals surface area contributed by atoms with Crippen molar-refractivity contribution in [1.29, 1.82) is 0 Å². The molecule has 1 fully saturated rings. The summed E-state index contributed by atoms with van der Waals surface area (Å²) < 4.78 is 5.32. The molecule has 0 radical (unpaired) electrons. The topological polar surface area (TPSA) is 67.6 Å². The number of carbonyl (C=O) groups is 1. The molecular formula is C16H33N3O2. The first-order valence-electron chi connectivity index (χ1n) is 7.98. The maximum atomic E-state index is 11.9. The molecule has 1 heterocycles. The van der Waals surface area contributed by atoms with Crippen LogP contribution in [0.3, 0.4) is 0 Å². The van der Waals surface area contributed by atoms with Crippen molar-refractivity contribution in [3.63, 3.8) is 0 Å². The van der Waals surface area contributed by atoms with E-state index in [1.165, 1.54) is 12.8 Å². The summed E-state index contributed by atoms with van der Waals surface area (Å²) in [5.74, 6) is 0. The molecule has 0 aromatic rings. The van der Waals surface area contributed by atoms with E-state index in [2.05, 4.69) is 24.1 Å². The summed E-state index contributed by atoms with van der Waals surface area (Å²) >= 11 is 0. The van der Waals surface area contributed by atoms with Gasteiger partial charge in [-0.25, -0.2) is 4.79 Å². The van der Waals surface area contributed by atoms with Gasteiger partial charge in [-0.1, -0.05) is 13.8 Å².